The predicted molar refractivity (Wildman–Crippen MR) is 228 cm³/mol. The lowest BCUT2D eigenvalue weighted by molar-refractivity contribution is -0.138. The maximum atomic E-state index is 15.2. The van der Waals surface area contributed by atoms with E-state index >= 15 is 8.78 Å². The molecule has 0 saturated carbocycles. The Labute approximate surface area is 367 Å². The number of anilines is 4. The van der Waals surface area contributed by atoms with Gasteiger partial charge in [-0.25, -0.2) is 27.2 Å². The molecule has 1 aromatic heterocycles. The van der Waals surface area contributed by atoms with E-state index in [1.807, 2.05) is 23.6 Å². The van der Waals surface area contributed by atoms with E-state index in [2.05, 4.69) is 20.6 Å². The molecule has 4 aromatic rings. The number of aromatic nitrogens is 2. The van der Waals surface area contributed by atoms with Crippen molar-refractivity contribution in [1.82, 2.24) is 29.4 Å². The minimum atomic E-state index is -3.93. The SMILES string of the molecule is CC(C)N1CCOc2c(F)cc(-c3nc(Nc4ccc(S(=O)(=O)N5CCN(C(=O)C6CCN(c7cccc8c7C(=O)N(C7CCC(=O)NC7=O)C8=O)CC6)CC5)cc4)ncc3F)cc21. The molecule has 5 aliphatic rings. The number of nitrogens with one attached hydrogen (secondary N) is 2. The van der Waals surface area contributed by atoms with Crippen LogP contribution >= 0.6 is 0 Å². The third-order valence-electron chi connectivity index (χ3n) is 12.5. The van der Waals surface area contributed by atoms with Gasteiger partial charge in [0.25, 0.3) is 11.8 Å². The highest BCUT2D eigenvalue weighted by atomic mass is 32.2. The lowest BCUT2D eigenvalue weighted by Gasteiger charge is -2.39. The van der Waals surface area contributed by atoms with Crippen LogP contribution in [0.3, 0.4) is 0 Å². The topological polar surface area (TPSA) is 195 Å². The third-order valence-corrected chi connectivity index (χ3v) is 14.4. The Bertz CT molecular complexity index is 2690. The zero-order valence-electron chi connectivity index (χ0n) is 35.1. The molecule has 3 aromatic carbocycles. The van der Waals surface area contributed by atoms with Gasteiger partial charge in [-0.15, -0.1) is 0 Å². The molecule has 5 aliphatic heterocycles. The molecular weight excluding hydrogens is 853 g/mol. The largest absolute Gasteiger partial charge is 0.486 e. The fourth-order valence-corrected chi connectivity index (χ4v) is 10.6. The molecule has 0 radical (unpaired) electrons. The first-order valence-electron chi connectivity index (χ1n) is 21.2. The average Bonchev–Trinajstić information content (AvgIpc) is 3.55. The molecule has 20 heteroatoms. The number of nitrogens with zero attached hydrogens (tertiary/aromatic N) is 7. The number of amides is 5. The number of benzene rings is 3. The average molecular weight is 898 g/mol. The second-order valence-electron chi connectivity index (χ2n) is 16.6. The second-order valence-corrected chi connectivity index (χ2v) is 18.6. The summed E-state index contributed by atoms with van der Waals surface area (Å²) in [5.74, 6) is -3.96. The van der Waals surface area contributed by atoms with Gasteiger partial charge in [0.1, 0.15) is 18.3 Å². The fourth-order valence-electron chi connectivity index (χ4n) is 9.13. The van der Waals surface area contributed by atoms with Crippen LogP contribution in [0.15, 0.2) is 65.7 Å². The van der Waals surface area contributed by atoms with E-state index in [0.29, 0.717) is 56.1 Å². The Morgan fingerprint density at radius 1 is 0.875 bits per heavy atom. The van der Waals surface area contributed by atoms with Gasteiger partial charge in [-0.05, 0) is 81.6 Å². The van der Waals surface area contributed by atoms with Crippen LogP contribution in [0.5, 0.6) is 5.75 Å². The van der Waals surface area contributed by atoms with Gasteiger partial charge < -0.3 is 24.8 Å². The summed E-state index contributed by atoms with van der Waals surface area (Å²) in [5, 5.41) is 5.18. The molecule has 334 valence electrons. The third kappa shape index (κ3) is 7.77. The number of fused-ring (bicyclic) bond motifs is 2. The van der Waals surface area contributed by atoms with Gasteiger partial charge in [0, 0.05) is 68.9 Å². The first-order valence-corrected chi connectivity index (χ1v) is 22.6. The number of hydrogen-bond acceptors (Lipinski definition) is 13. The van der Waals surface area contributed by atoms with Crippen molar-refractivity contribution >= 4 is 62.6 Å². The highest BCUT2D eigenvalue weighted by Gasteiger charge is 2.46. The lowest BCUT2D eigenvalue weighted by atomic mass is 9.93. The van der Waals surface area contributed by atoms with Crippen molar-refractivity contribution in [3.63, 3.8) is 0 Å². The summed E-state index contributed by atoms with van der Waals surface area (Å²) in [7, 11) is -3.93. The molecule has 64 heavy (non-hydrogen) atoms. The number of piperazine rings is 1. The predicted octanol–water partition coefficient (Wildman–Crippen LogP) is 3.92. The van der Waals surface area contributed by atoms with Gasteiger partial charge in [0.05, 0.1) is 40.1 Å². The number of imide groups is 2. The van der Waals surface area contributed by atoms with Gasteiger partial charge in [-0.1, -0.05) is 6.07 Å². The fraction of sp³-hybridized carbons (Fsp3) is 0.386. The summed E-state index contributed by atoms with van der Waals surface area (Å²) in [6, 6.07) is 12.7. The molecule has 2 N–H and O–H groups in total. The molecule has 1 atom stereocenters. The van der Waals surface area contributed by atoms with E-state index in [1.54, 1.807) is 29.2 Å². The summed E-state index contributed by atoms with van der Waals surface area (Å²) in [4.78, 5) is 79.9. The van der Waals surface area contributed by atoms with Crippen molar-refractivity contribution in [2.45, 2.75) is 56.5 Å². The van der Waals surface area contributed by atoms with Crippen LogP contribution in [0, 0.1) is 17.6 Å². The molecule has 17 nitrogen and oxygen atoms in total. The molecule has 9 rings (SSSR count). The number of rotatable bonds is 9. The quantitative estimate of drug-likeness (QED) is 0.230. The van der Waals surface area contributed by atoms with Crippen LogP contribution < -0.4 is 25.2 Å². The standard InChI is InChI=1S/C44H45F2N9O8S/c1-25(2)54-20-21-63-39-31(45)22-27(23-35(39)54)38-32(46)24-47-44(50-38)48-28-6-8-29(9-7-28)64(61,62)53-18-16-52(17-19-53)41(58)26-12-14-51(15-13-26)33-5-3-4-30-37(33)43(60)55(42(30)59)34-10-11-36(56)49-40(34)57/h3-9,22-26,34H,10-21H2,1-2H3,(H,47,48,50)(H,49,56,57). The van der Waals surface area contributed by atoms with Crippen molar-refractivity contribution in [1.29, 1.82) is 0 Å². The van der Waals surface area contributed by atoms with Crippen molar-refractivity contribution in [2.75, 3.05) is 67.5 Å². The van der Waals surface area contributed by atoms with E-state index in [0.717, 1.165) is 11.1 Å². The maximum Gasteiger partial charge on any atom is 0.264 e. The van der Waals surface area contributed by atoms with Crippen LogP contribution in [0.4, 0.5) is 31.8 Å². The van der Waals surface area contributed by atoms with E-state index in [-0.39, 0.29) is 95.9 Å². The van der Waals surface area contributed by atoms with Crippen molar-refractivity contribution < 1.29 is 45.9 Å². The normalized spacial score (nSPS) is 19.7. The van der Waals surface area contributed by atoms with Gasteiger partial charge in [-0.3, -0.25) is 34.2 Å². The molecule has 5 amide bonds. The van der Waals surface area contributed by atoms with Crippen LogP contribution in [-0.2, 0) is 24.4 Å². The molecule has 0 spiro atoms. The van der Waals surface area contributed by atoms with E-state index in [4.69, 9.17) is 4.74 Å². The van der Waals surface area contributed by atoms with Crippen LogP contribution in [-0.4, -0.2) is 127 Å². The van der Waals surface area contributed by atoms with Gasteiger partial charge in [0.2, 0.25) is 33.7 Å². The van der Waals surface area contributed by atoms with Gasteiger partial charge in [-0.2, -0.15) is 4.31 Å². The Kier molecular flexibility index (Phi) is 11.3. The highest BCUT2D eigenvalue weighted by Crippen LogP contribution is 2.40. The number of sulfonamides is 1. The van der Waals surface area contributed by atoms with E-state index in [9.17, 15) is 32.4 Å². The summed E-state index contributed by atoms with van der Waals surface area (Å²) in [5.41, 5.74) is 1.96. The molecular formula is C44H45F2N9O8S. The van der Waals surface area contributed by atoms with Gasteiger partial charge in [0.15, 0.2) is 17.4 Å². The number of ether oxygens (including phenoxy) is 1. The number of hydrogen-bond donors (Lipinski definition) is 2. The van der Waals surface area contributed by atoms with E-state index < -0.39 is 51.3 Å². The summed E-state index contributed by atoms with van der Waals surface area (Å²) < 4.78 is 64.6. The molecule has 0 bridgehead atoms. The number of carbonyl (C=O) groups excluding carboxylic acids is 5. The van der Waals surface area contributed by atoms with Crippen LogP contribution in [0.2, 0.25) is 0 Å². The smallest absolute Gasteiger partial charge is 0.264 e. The monoisotopic (exact) mass is 897 g/mol. The first kappa shape index (κ1) is 42.7. The summed E-state index contributed by atoms with van der Waals surface area (Å²) in [6.45, 7) is 6.29. The summed E-state index contributed by atoms with van der Waals surface area (Å²) >= 11 is 0. The zero-order chi connectivity index (χ0) is 45.0. The first-order chi connectivity index (χ1) is 30.7. The summed E-state index contributed by atoms with van der Waals surface area (Å²) in [6.07, 6.45) is 2.01. The molecule has 3 fully saturated rings. The molecule has 0 aliphatic carbocycles. The highest BCUT2D eigenvalue weighted by molar-refractivity contribution is 7.89. The van der Waals surface area contributed by atoms with E-state index in [1.165, 1.54) is 34.6 Å². The minimum Gasteiger partial charge on any atom is -0.486 e. The lowest BCUT2D eigenvalue weighted by Crippen LogP contribution is -2.54. The maximum absolute atomic E-state index is 15.2. The Morgan fingerprint density at radius 2 is 1.61 bits per heavy atom. The second kappa shape index (κ2) is 16.9. The Morgan fingerprint density at radius 3 is 2.31 bits per heavy atom. The number of carbonyl (C=O) groups is 5. The van der Waals surface area contributed by atoms with Crippen LogP contribution in [0.25, 0.3) is 11.3 Å². The molecule has 3 saturated heterocycles. The molecule has 6 heterocycles. The van der Waals surface area contributed by atoms with Crippen molar-refractivity contribution in [3.05, 3.63) is 83.6 Å². The molecule has 1 unspecified atom stereocenters. The van der Waals surface area contributed by atoms with Crippen LogP contribution in [0.1, 0.15) is 60.2 Å². The zero-order valence-corrected chi connectivity index (χ0v) is 35.9. The minimum absolute atomic E-state index is 0.0158. The Balaban J connectivity index is 0.796. The van der Waals surface area contributed by atoms with Gasteiger partial charge >= 0.3 is 0 Å². The number of piperidine rings is 2. The van der Waals surface area contributed by atoms with Crippen molar-refractivity contribution in [3.8, 4) is 17.0 Å². The number of halogens is 2. The van der Waals surface area contributed by atoms with Crippen molar-refractivity contribution in [2.24, 2.45) is 5.92 Å². The Hall–Kier alpha value is -6.54.